The van der Waals surface area contributed by atoms with Crippen LogP contribution in [-0.2, 0) is 9.59 Å². The van der Waals surface area contributed by atoms with E-state index < -0.39 is 17.8 Å². The largest absolute Gasteiger partial charge is 0.506 e. The summed E-state index contributed by atoms with van der Waals surface area (Å²) in [5.74, 6) is -1.67. The fourth-order valence-corrected chi connectivity index (χ4v) is 4.53. The van der Waals surface area contributed by atoms with Crippen molar-refractivity contribution in [2.45, 2.75) is 6.92 Å². The molecule has 1 fully saturated rings. The van der Waals surface area contributed by atoms with Gasteiger partial charge in [-0.3, -0.25) is 14.9 Å². The third-order valence-corrected chi connectivity index (χ3v) is 5.73. The Hall–Kier alpha value is -1.66. The van der Waals surface area contributed by atoms with Crippen molar-refractivity contribution in [3.8, 4) is 5.75 Å². The highest BCUT2D eigenvalue weighted by Gasteiger charge is 2.37. The molecule has 0 bridgehead atoms. The molecule has 1 aliphatic heterocycles. The molecule has 1 saturated heterocycles. The number of aromatic hydroxyl groups is 1. The summed E-state index contributed by atoms with van der Waals surface area (Å²) in [7, 11) is 0. The van der Waals surface area contributed by atoms with Gasteiger partial charge >= 0.3 is 6.03 Å². The van der Waals surface area contributed by atoms with Crippen LogP contribution < -0.4 is 10.2 Å². The molecule has 0 unspecified atom stereocenters. The summed E-state index contributed by atoms with van der Waals surface area (Å²) in [6.07, 6.45) is 1.27. The highest BCUT2D eigenvalue weighted by Crippen LogP contribution is 2.31. The lowest BCUT2D eigenvalue weighted by atomic mass is 10.1. The van der Waals surface area contributed by atoms with Crippen LogP contribution in [0.25, 0.3) is 6.08 Å². The quantitative estimate of drug-likeness (QED) is 0.304. The van der Waals surface area contributed by atoms with E-state index in [1.807, 2.05) is 22.6 Å². The standard InChI is InChI=1S/C18H11ClI2N2O4/c1-8-2-3-11(7-13(8)19)23-17(26)12(16(25)22-18(23)27)5-9-4-10(20)6-14(21)15(9)24/h2-7,24H,1H3,(H,22,25,27)/b12-5-. The van der Waals surface area contributed by atoms with Crippen molar-refractivity contribution in [3.63, 3.8) is 0 Å². The van der Waals surface area contributed by atoms with Crippen LogP contribution in [0.1, 0.15) is 11.1 Å². The fourth-order valence-electron chi connectivity index (χ4n) is 2.46. The topological polar surface area (TPSA) is 86.7 Å². The van der Waals surface area contributed by atoms with Crippen molar-refractivity contribution in [1.82, 2.24) is 5.32 Å². The van der Waals surface area contributed by atoms with Crippen LogP contribution in [0.2, 0.25) is 5.02 Å². The average molecular weight is 609 g/mol. The predicted molar refractivity (Wildman–Crippen MR) is 119 cm³/mol. The minimum atomic E-state index is -0.858. The van der Waals surface area contributed by atoms with Gasteiger partial charge in [0.2, 0.25) is 0 Å². The van der Waals surface area contributed by atoms with Gasteiger partial charge < -0.3 is 5.11 Å². The Balaban J connectivity index is 2.09. The molecule has 0 aliphatic carbocycles. The molecule has 1 heterocycles. The van der Waals surface area contributed by atoms with E-state index in [2.05, 4.69) is 27.9 Å². The maximum Gasteiger partial charge on any atom is 0.335 e. The molecule has 2 aromatic carbocycles. The smallest absolute Gasteiger partial charge is 0.335 e. The minimum absolute atomic E-state index is 0.0500. The second kappa shape index (κ2) is 7.76. The number of phenols is 1. The van der Waals surface area contributed by atoms with Crippen molar-refractivity contribution in [2.24, 2.45) is 0 Å². The number of nitrogens with one attached hydrogen (secondary N) is 1. The van der Waals surface area contributed by atoms with E-state index in [0.29, 0.717) is 14.2 Å². The molecule has 0 spiro atoms. The van der Waals surface area contributed by atoms with E-state index in [9.17, 15) is 19.5 Å². The van der Waals surface area contributed by atoms with E-state index in [1.54, 1.807) is 31.2 Å². The van der Waals surface area contributed by atoms with Crippen LogP contribution >= 0.6 is 56.8 Å². The van der Waals surface area contributed by atoms with E-state index in [-0.39, 0.29) is 17.0 Å². The number of imide groups is 2. The Bertz CT molecular complexity index is 1040. The number of anilines is 1. The van der Waals surface area contributed by atoms with E-state index in [0.717, 1.165) is 14.0 Å². The Labute approximate surface area is 186 Å². The molecule has 27 heavy (non-hydrogen) atoms. The molecule has 2 aromatic rings. The molecule has 0 aromatic heterocycles. The highest BCUT2D eigenvalue weighted by atomic mass is 127. The third-order valence-electron chi connectivity index (χ3n) is 3.87. The number of hydrogen-bond donors (Lipinski definition) is 2. The number of carbonyl (C=O) groups excluding carboxylic acids is 3. The molecular weight excluding hydrogens is 597 g/mol. The third kappa shape index (κ3) is 3.97. The summed E-state index contributed by atoms with van der Waals surface area (Å²) in [4.78, 5) is 38.2. The number of benzene rings is 2. The van der Waals surface area contributed by atoms with Gasteiger partial charge in [-0.25, -0.2) is 9.69 Å². The monoisotopic (exact) mass is 608 g/mol. The average Bonchev–Trinajstić information content (AvgIpc) is 2.58. The fraction of sp³-hybridized carbons (Fsp3) is 0.0556. The van der Waals surface area contributed by atoms with Crippen LogP contribution in [0.15, 0.2) is 35.9 Å². The summed E-state index contributed by atoms with van der Waals surface area (Å²) >= 11 is 10.1. The number of barbiturate groups is 1. The maximum absolute atomic E-state index is 12.9. The van der Waals surface area contributed by atoms with Crippen molar-refractivity contribution >= 4 is 86.4 Å². The van der Waals surface area contributed by atoms with Gasteiger partial charge in [0, 0.05) is 14.2 Å². The Morgan fingerprint density at radius 1 is 1.15 bits per heavy atom. The summed E-state index contributed by atoms with van der Waals surface area (Å²) in [5.41, 5.74) is 1.07. The van der Waals surface area contributed by atoms with Crippen molar-refractivity contribution < 1.29 is 19.5 Å². The highest BCUT2D eigenvalue weighted by molar-refractivity contribution is 14.1. The van der Waals surface area contributed by atoms with E-state index in [1.165, 1.54) is 12.1 Å². The first-order valence-electron chi connectivity index (χ1n) is 7.54. The van der Waals surface area contributed by atoms with Gasteiger partial charge in [0.05, 0.1) is 9.26 Å². The van der Waals surface area contributed by atoms with Crippen LogP contribution in [0.3, 0.4) is 0 Å². The Morgan fingerprint density at radius 2 is 1.85 bits per heavy atom. The van der Waals surface area contributed by atoms with Crippen molar-refractivity contribution in [3.05, 3.63) is 59.2 Å². The van der Waals surface area contributed by atoms with Gasteiger partial charge in [-0.1, -0.05) is 17.7 Å². The number of rotatable bonds is 2. The lowest BCUT2D eigenvalue weighted by molar-refractivity contribution is -0.122. The van der Waals surface area contributed by atoms with Gasteiger partial charge in [-0.05, 0) is 88.0 Å². The number of nitrogens with zero attached hydrogens (tertiary/aromatic N) is 1. The summed E-state index contributed by atoms with van der Waals surface area (Å²) < 4.78 is 1.40. The van der Waals surface area contributed by atoms with Gasteiger partial charge in [0.25, 0.3) is 11.8 Å². The van der Waals surface area contributed by atoms with Gasteiger partial charge in [-0.15, -0.1) is 0 Å². The zero-order valence-corrected chi connectivity index (χ0v) is 18.8. The molecule has 0 atom stereocenters. The van der Waals surface area contributed by atoms with Crippen LogP contribution in [0.4, 0.5) is 10.5 Å². The molecule has 1 aliphatic rings. The van der Waals surface area contributed by atoms with E-state index >= 15 is 0 Å². The molecule has 2 N–H and O–H groups in total. The first-order valence-corrected chi connectivity index (χ1v) is 10.1. The van der Waals surface area contributed by atoms with Gasteiger partial charge in [0.15, 0.2) is 0 Å². The SMILES string of the molecule is Cc1ccc(N2C(=O)NC(=O)/C(=C/c3cc(I)cc(I)c3O)C2=O)cc1Cl. The number of urea groups is 1. The lowest BCUT2D eigenvalue weighted by Gasteiger charge is -2.26. The normalized spacial score (nSPS) is 16.1. The first-order chi connectivity index (χ1) is 12.7. The van der Waals surface area contributed by atoms with Gasteiger partial charge in [-0.2, -0.15) is 0 Å². The van der Waals surface area contributed by atoms with Crippen LogP contribution in [0.5, 0.6) is 5.75 Å². The zero-order valence-electron chi connectivity index (χ0n) is 13.7. The number of halogens is 3. The second-order valence-corrected chi connectivity index (χ2v) is 8.53. The maximum atomic E-state index is 12.9. The number of aryl methyl sites for hydroxylation is 1. The molecule has 0 saturated carbocycles. The molecule has 138 valence electrons. The molecule has 3 rings (SSSR count). The molecule has 9 heteroatoms. The minimum Gasteiger partial charge on any atom is -0.506 e. The van der Waals surface area contributed by atoms with E-state index in [4.69, 9.17) is 11.6 Å². The summed E-state index contributed by atoms with van der Waals surface area (Å²) in [6, 6.07) is 7.25. The Morgan fingerprint density at radius 3 is 2.52 bits per heavy atom. The van der Waals surface area contributed by atoms with Crippen molar-refractivity contribution in [2.75, 3.05) is 4.90 Å². The molecule has 4 amide bonds. The summed E-state index contributed by atoms with van der Waals surface area (Å²) in [5, 5.41) is 12.8. The lowest BCUT2D eigenvalue weighted by Crippen LogP contribution is -2.54. The van der Waals surface area contributed by atoms with Crippen molar-refractivity contribution in [1.29, 1.82) is 0 Å². The van der Waals surface area contributed by atoms with Gasteiger partial charge in [0.1, 0.15) is 11.3 Å². The number of carbonyl (C=O) groups is 3. The summed E-state index contributed by atoms with van der Waals surface area (Å²) in [6.45, 7) is 1.79. The van der Waals surface area contributed by atoms with Crippen LogP contribution in [-0.4, -0.2) is 23.0 Å². The first kappa shape index (κ1) is 20.1. The zero-order chi connectivity index (χ0) is 19.9. The number of phenolic OH excluding ortho intramolecular Hbond substituents is 1. The molecule has 0 radical (unpaired) electrons. The predicted octanol–water partition coefficient (Wildman–Crippen LogP) is 4.23. The molecular formula is C18H11ClI2N2O4. The van der Waals surface area contributed by atoms with Crippen LogP contribution in [0, 0.1) is 14.1 Å². The molecule has 6 nitrogen and oxygen atoms in total. The number of hydrogen-bond acceptors (Lipinski definition) is 4. The number of amides is 4. The second-order valence-electron chi connectivity index (χ2n) is 5.72. The Kier molecular flexibility index (Phi) is 5.77.